The van der Waals surface area contributed by atoms with Gasteiger partial charge < -0.3 is 14.8 Å². The van der Waals surface area contributed by atoms with Gasteiger partial charge >= 0.3 is 0 Å². The summed E-state index contributed by atoms with van der Waals surface area (Å²) in [5.41, 5.74) is 0. The van der Waals surface area contributed by atoms with Crippen molar-refractivity contribution in [1.82, 2.24) is 5.32 Å². The van der Waals surface area contributed by atoms with E-state index in [2.05, 4.69) is 5.32 Å². The SMILES string of the molecule is CC(C)OCC(=O)NC1CCOC1C1CC1. The molecule has 0 spiro atoms. The van der Waals surface area contributed by atoms with Crippen molar-refractivity contribution in [3.05, 3.63) is 0 Å². The predicted molar refractivity (Wildman–Crippen MR) is 60.1 cm³/mol. The van der Waals surface area contributed by atoms with Crippen LogP contribution in [0.3, 0.4) is 0 Å². The van der Waals surface area contributed by atoms with Gasteiger partial charge in [-0.25, -0.2) is 0 Å². The lowest BCUT2D eigenvalue weighted by Gasteiger charge is -2.19. The van der Waals surface area contributed by atoms with E-state index in [0.717, 1.165) is 13.0 Å². The van der Waals surface area contributed by atoms with Crippen LogP contribution in [-0.4, -0.2) is 37.4 Å². The highest BCUT2D eigenvalue weighted by atomic mass is 16.5. The topological polar surface area (TPSA) is 47.6 Å². The summed E-state index contributed by atoms with van der Waals surface area (Å²) in [7, 11) is 0. The molecule has 0 aromatic carbocycles. The molecule has 92 valence electrons. The van der Waals surface area contributed by atoms with Crippen LogP contribution in [0.25, 0.3) is 0 Å². The number of hydrogen-bond acceptors (Lipinski definition) is 3. The van der Waals surface area contributed by atoms with Gasteiger partial charge in [-0.2, -0.15) is 0 Å². The van der Waals surface area contributed by atoms with Crippen molar-refractivity contribution >= 4 is 5.91 Å². The predicted octanol–water partition coefficient (Wildman–Crippen LogP) is 1.10. The van der Waals surface area contributed by atoms with Gasteiger partial charge in [-0.15, -0.1) is 0 Å². The van der Waals surface area contributed by atoms with Crippen molar-refractivity contribution in [2.24, 2.45) is 5.92 Å². The zero-order chi connectivity index (χ0) is 11.5. The van der Waals surface area contributed by atoms with Crippen molar-refractivity contribution in [3.63, 3.8) is 0 Å². The highest BCUT2D eigenvalue weighted by Gasteiger charge is 2.41. The number of amides is 1. The molecule has 2 unspecified atom stereocenters. The first kappa shape index (κ1) is 11.9. The third-order valence-corrected chi connectivity index (χ3v) is 3.12. The van der Waals surface area contributed by atoms with Crippen molar-refractivity contribution in [3.8, 4) is 0 Å². The van der Waals surface area contributed by atoms with E-state index in [1.165, 1.54) is 12.8 Å². The lowest BCUT2D eigenvalue weighted by atomic mass is 10.1. The van der Waals surface area contributed by atoms with E-state index in [-0.39, 0.29) is 30.8 Å². The number of rotatable bonds is 5. The first-order valence-electron chi connectivity index (χ1n) is 6.19. The summed E-state index contributed by atoms with van der Waals surface area (Å²) in [4.78, 5) is 11.6. The van der Waals surface area contributed by atoms with Gasteiger partial charge in [-0.05, 0) is 39.0 Å². The van der Waals surface area contributed by atoms with Crippen LogP contribution in [0.5, 0.6) is 0 Å². The van der Waals surface area contributed by atoms with Crippen molar-refractivity contribution in [2.75, 3.05) is 13.2 Å². The Bertz CT molecular complexity index is 251. The maximum Gasteiger partial charge on any atom is 0.246 e. The van der Waals surface area contributed by atoms with E-state index in [1.807, 2.05) is 13.8 Å². The van der Waals surface area contributed by atoms with E-state index in [1.54, 1.807) is 0 Å². The van der Waals surface area contributed by atoms with Gasteiger partial charge in [0.25, 0.3) is 0 Å². The van der Waals surface area contributed by atoms with E-state index < -0.39 is 0 Å². The largest absolute Gasteiger partial charge is 0.376 e. The second kappa shape index (κ2) is 5.15. The highest BCUT2D eigenvalue weighted by Crippen LogP contribution is 2.38. The van der Waals surface area contributed by atoms with Gasteiger partial charge in [-0.3, -0.25) is 4.79 Å². The van der Waals surface area contributed by atoms with Crippen LogP contribution in [-0.2, 0) is 14.3 Å². The van der Waals surface area contributed by atoms with E-state index in [4.69, 9.17) is 9.47 Å². The van der Waals surface area contributed by atoms with Crippen LogP contribution in [0.15, 0.2) is 0 Å². The molecular formula is C12H21NO3. The quantitative estimate of drug-likeness (QED) is 0.765. The summed E-state index contributed by atoms with van der Waals surface area (Å²) in [6.07, 6.45) is 3.79. The zero-order valence-corrected chi connectivity index (χ0v) is 10.1. The summed E-state index contributed by atoms with van der Waals surface area (Å²) >= 11 is 0. The molecule has 1 aliphatic heterocycles. The highest BCUT2D eigenvalue weighted by molar-refractivity contribution is 5.77. The van der Waals surface area contributed by atoms with Crippen molar-refractivity contribution < 1.29 is 14.3 Å². The maximum atomic E-state index is 11.6. The molecule has 4 heteroatoms. The lowest BCUT2D eigenvalue weighted by Crippen LogP contribution is -2.43. The minimum atomic E-state index is -0.0187. The van der Waals surface area contributed by atoms with Gasteiger partial charge in [0.1, 0.15) is 6.61 Å². The Morgan fingerprint density at radius 1 is 1.44 bits per heavy atom. The van der Waals surface area contributed by atoms with Crippen molar-refractivity contribution in [1.29, 1.82) is 0 Å². The van der Waals surface area contributed by atoms with Crippen LogP contribution in [0.2, 0.25) is 0 Å². The van der Waals surface area contributed by atoms with Gasteiger partial charge in [0.05, 0.1) is 18.2 Å². The molecule has 1 saturated heterocycles. The Morgan fingerprint density at radius 2 is 2.19 bits per heavy atom. The summed E-state index contributed by atoms with van der Waals surface area (Å²) in [5, 5.41) is 3.02. The summed E-state index contributed by atoms with van der Waals surface area (Å²) < 4.78 is 10.9. The normalized spacial score (nSPS) is 29.7. The average molecular weight is 227 g/mol. The van der Waals surface area contributed by atoms with E-state index >= 15 is 0 Å². The third-order valence-electron chi connectivity index (χ3n) is 3.12. The number of ether oxygens (including phenoxy) is 2. The Labute approximate surface area is 96.7 Å². The van der Waals surface area contributed by atoms with E-state index in [0.29, 0.717) is 5.92 Å². The number of carbonyl (C=O) groups excluding carboxylic acids is 1. The maximum absolute atomic E-state index is 11.6. The number of hydrogen-bond donors (Lipinski definition) is 1. The van der Waals surface area contributed by atoms with Gasteiger partial charge in [-0.1, -0.05) is 0 Å². The number of carbonyl (C=O) groups is 1. The molecule has 1 aliphatic carbocycles. The first-order chi connectivity index (χ1) is 7.66. The fourth-order valence-corrected chi connectivity index (χ4v) is 2.15. The second-order valence-electron chi connectivity index (χ2n) is 5.00. The third kappa shape index (κ3) is 3.19. The molecule has 2 rings (SSSR count). The molecule has 1 amide bonds. The van der Waals surface area contributed by atoms with Gasteiger partial charge in [0, 0.05) is 6.61 Å². The van der Waals surface area contributed by atoms with Crippen molar-refractivity contribution in [2.45, 2.75) is 51.4 Å². The lowest BCUT2D eigenvalue weighted by molar-refractivity contribution is -0.128. The summed E-state index contributed by atoms with van der Waals surface area (Å²) in [6.45, 7) is 4.79. The van der Waals surface area contributed by atoms with E-state index in [9.17, 15) is 4.79 Å². The van der Waals surface area contributed by atoms with Crippen LogP contribution in [0.4, 0.5) is 0 Å². The average Bonchev–Trinajstić information content (AvgIpc) is 2.97. The molecular weight excluding hydrogens is 206 g/mol. The minimum Gasteiger partial charge on any atom is -0.376 e. The fourth-order valence-electron chi connectivity index (χ4n) is 2.15. The molecule has 1 saturated carbocycles. The Kier molecular flexibility index (Phi) is 3.82. The Balaban J connectivity index is 1.73. The van der Waals surface area contributed by atoms with Gasteiger partial charge in [0.15, 0.2) is 0 Å². The van der Waals surface area contributed by atoms with Crippen LogP contribution >= 0.6 is 0 Å². The molecule has 1 heterocycles. The molecule has 1 N–H and O–H groups in total. The zero-order valence-electron chi connectivity index (χ0n) is 10.1. The summed E-state index contributed by atoms with van der Waals surface area (Å²) in [6, 6.07) is 0.204. The molecule has 0 aromatic rings. The fraction of sp³-hybridized carbons (Fsp3) is 0.917. The molecule has 0 aromatic heterocycles. The molecule has 2 atom stereocenters. The number of nitrogens with one attached hydrogen (secondary N) is 1. The second-order valence-corrected chi connectivity index (χ2v) is 5.00. The van der Waals surface area contributed by atoms with Crippen LogP contribution in [0, 0.1) is 5.92 Å². The molecule has 2 aliphatic rings. The molecule has 16 heavy (non-hydrogen) atoms. The molecule has 0 radical (unpaired) electrons. The monoisotopic (exact) mass is 227 g/mol. The Hall–Kier alpha value is -0.610. The molecule has 4 nitrogen and oxygen atoms in total. The standard InChI is InChI=1S/C12H21NO3/c1-8(2)16-7-11(14)13-10-5-6-15-12(10)9-3-4-9/h8-10,12H,3-7H2,1-2H3,(H,13,14). The molecule has 0 bridgehead atoms. The minimum absolute atomic E-state index is 0.0187. The Morgan fingerprint density at radius 3 is 2.81 bits per heavy atom. The molecule has 2 fully saturated rings. The first-order valence-corrected chi connectivity index (χ1v) is 6.19. The van der Waals surface area contributed by atoms with Crippen LogP contribution < -0.4 is 5.32 Å². The smallest absolute Gasteiger partial charge is 0.246 e. The van der Waals surface area contributed by atoms with Gasteiger partial charge in [0.2, 0.25) is 5.91 Å². The van der Waals surface area contributed by atoms with Crippen LogP contribution in [0.1, 0.15) is 33.1 Å². The summed E-state index contributed by atoms with van der Waals surface area (Å²) in [5.74, 6) is 0.661.